The van der Waals surface area contributed by atoms with E-state index in [2.05, 4.69) is 18.9 Å². The first-order valence-corrected chi connectivity index (χ1v) is 3.19. The van der Waals surface area contributed by atoms with Gasteiger partial charge in [-0.05, 0) is 12.0 Å². The van der Waals surface area contributed by atoms with Crippen LogP contribution in [-0.2, 0) is 0 Å². The highest BCUT2D eigenvalue weighted by Crippen LogP contribution is 2.10. The number of hydrogen-bond acceptors (Lipinski definition) is 1. The Kier molecular flexibility index (Phi) is 1.60. The molecule has 0 N–H and O–H groups in total. The summed E-state index contributed by atoms with van der Waals surface area (Å²) in [5.41, 5.74) is 1.29. The van der Waals surface area contributed by atoms with Crippen LogP contribution in [0.5, 0.6) is 0 Å². The first kappa shape index (κ1) is 6.40. The Bertz CT molecular complexity index is 193. The summed E-state index contributed by atoms with van der Waals surface area (Å²) in [4.78, 5) is 0. The second-order valence-corrected chi connectivity index (χ2v) is 2.53. The van der Waals surface area contributed by atoms with E-state index >= 15 is 0 Å². The van der Waals surface area contributed by atoms with Crippen LogP contribution in [0.2, 0.25) is 0 Å². The molecule has 1 aromatic heterocycles. The molecule has 3 heteroatoms. The van der Waals surface area contributed by atoms with Crippen molar-refractivity contribution >= 4 is 7.98 Å². The molecule has 1 aromatic rings. The van der Waals surface area contributed by atoms with Crippen LogP contribution in [0, 0.1) is 0 Å². The molecule has 2 nitrogen and oxygen atoms in total. The quantitative estimate of drug-likeness (QED) is 0.493. The maximum atomic E-state index is 4.05. The van der Waals surface area contributed by atoms with E-state index in [0.29, 0.717) is 5.92 Å². The second-order valence-electron chi connectivity index (χ2n) is 2.53. The Balaban J connectivity index is 2.94. The molecule has 1 heterocycles. The number of aromatic nitrogens is 2. The first-order chi connectivity index (χ1) is 4.22. The van der Waals surface area contributed by atoms with Crippen LogP contribution in [0.3, 0.4) is 0 Å². The van der Waals surface area contributed by atoms with Crippen molar-refractivity contribution in [1.82, 2.24) is 9.69 Å². The summed E-state index contributed by atoms with van der Waals surface area (Å²) in [6.07, 6.45) is 1.83. The summed E-state index contributed by atoms with van der Waals surface area (Å²) in [6, 6.07) is 2.05. The van der Waals surface area contributed by atoms with Gasteiger partial charge in [0.25, 0.3) is 0 Å². The minimum Gasteiger partial charge on any atom is -0.323 e. The molecule has 0 aromatic carbocycles. The number of hydrogen-bond donors (Lipinski definition) is 0. The van der Waals surface area contributed by atoms with Crippen LogP contribution in [0.4, 0.5) is 0 Å². The van der Waals surface area contributed by atoms with Gasteiger partial charge in [0.2, 0.25) is 7.98 Å². The predicted molar refractivity (Wildman–Crippen MR) is 40.3 cm³/mol. The largest absolute Gasteiger partial charge is 0.323 e. The van der Waals surface area contributed by atoms with Crippen molar-refractivity contribution in [3.05, 3.63) is 18.0 Å². The lowest BCUT2D eigenvalue weighted by atomic mass is 10.1. The smallest absolute Gasteiger partial charge is 0.249 e. The fourth-order valence-electron chi connectivity index (χ4n) is 0.950. The Labute approximate surface area is 56.3 Å². The molecule has 1 rings (SSSR count). The highest BCUT2D eigenvalue weighted by Gasteiger charge is 2.00. The van der Waals surface area contributed by atoms with Gasteiger partial charge in [-0.25, -0.2) is 0 Å². The van der Waals surface area contributed by atoms with Crippen molar-refractivity contribution in [2.24, 2.45) is 0 Å². The van der Waals surface area contributed by atoms with Gasteiger partial charge in [0.1, 0.15) is 0 Å². The van der Waals surface area contributed by atoms with E-state index in [1.807, 2.05) is 24.8 Å². The van der Waals surface area contributed by atoms with E-state index in [-0.39, 0.29) is 0 Å². The van der Waals surface area contributed by atoms with Crippen LogP contribution in [0.25, 0.3) is 0 Å². The fraction of sp³-hybridized carbons (Fsp3) is 0.500. The summed E-state index contributed by atoms with van der Waals surface area (Å²) in [6.45, 7) is 4.33. The van der Waals surface area contributed by atoms with E-state index in [1.54, 1.807) is 0 Å². The summed E-state index contributed by atoms with van der Waals surface area (Å²) in [7, 11) is 1.97. The normalized spacial score (nSPS) is 10.6. The molecule has 0 unspecified atom stereocenters. The highest BCUT2D eigenvalue weighted by molar-refractivity contribution is 6.06. The number of nitrogens with zero attached hydrogens (tertiary/aromatic N) is 2. The first-order valence-electron chi connectivity index (χ1n) is 3.19. The maximum Gasteiger partial charge on any atom is 0.249 e. The van der Waals surface area contributed by atoms with E-state index < -0.39 is 0 Å². The van der Waals surface area contributed by atoms with E-state index in [4.69, 9.17) is 0 Å². The molecule has 0 atom stereocenters. The minimum absolute atomic E-state index is 0.581. The van der Waals surface area contributed by atoms with Gasteiger partial charge in [0.15, 0.2) is 0 Å². The van der Waals surface area contributed by atoms with Gasteiger partial charge in [0.05, 0.1) is 0 Å². The topological polar surface area (TPSA) is 17.8 Å². The Morgan fingerprint density at radius 1 is 1.67 bits per heavy atom. The Morgan fingerprint density at radius 3 is 2.56 bits per heavy atom. The van der Waals surface area contributed by atoms with Crippen LogP contribution in [0.15, 0.2) is 12.3 Å². The van der Waals surface area contributed by atoms with Crippen LogP contribution in [-0.4, -0.2) is 17.7 Å². The van der Waals surface area contributed by atoms with Crippen LogP contribution in [0.1, 0.15) is 25.5 Å². The van der Waals surface area contributed by atoms with Gasteiger partial charge in [-0.3, -0.25) is 0 Å². The molecule has 0 bridgehead atoms. The molecule has 9 heavy (non-hydrogen) atoms. The average molecular weight is 122 g/mol. The van der Waals surface area contributed by atoms with Gasteiger partial charge < -0.3 is 4.59 Å². The monoisotopic (exact) mass is 122 g/mol. The third-order valence-electron chi connectivity index (χ3n) is 1.45. The van der Waals surface area contributed by atoms with Crippen molar-refractivity contribution in [2.75, 3.05) is 0 Å². The van der Waals surface area contributed by atoms with Gasteiger partial charge in [-0.15, -0.1) is 0 Å². The van der Waals surface area contributed by atoms with E-state index in [0.717, 1.165) is 0 Å². The lowest BCUT2D eigenvalue weighted by Gasteiger charge is -2.03. The minimum atomic E-state index is 0.581. The van der Waals surface area contributed by atoms with Gasteiger partial charge in [-0.1, -0.05) is 13.8 Å². The summed E-state index contributed by atoms with van der Waals surface area (Å²) in [5.74, 6) is 0.581. The molecular formula is C6H11BN2. The van der Waals surface area contributed by atoms with Crippen molar-refractivity contribution in [1.29, 1.82) is 0 Å². The summed E-state index contributed by atoms with van der Waals surface area (Å²) >= 11 is 0. The van der Waals surface area contributed by atoms with Crippen LogP contribution >= 0.6 is 0 Å². The van der Waals surface area contributed by atoms with Gasteiger partial charge in [-0.2, -0.15) is 5.10 Å². The molecule has 0 saturated carbocycles. The molecule has 0 aliphatic heterocycles. The van der Waals surface area contributed by atoms with Crippen molar-refractivity contribution < 1.29 is 0 Å². The van der Waals surface area contributed by atoms with Crippen molar-refractivity contribution in [3.63, 3.8) is 0 Å². The lowest BCUT2D eigenvalue weighted by molar-refractivity contribution is 0.779. The van der Waals surface area contributed by atoms with Crippen molar-refractivity contribution in [3.8, 4) is 0 Å². The second kappa shape index (κ2) is 2.25. The van der Waals surface area contributed by atoms with E-state index in [1.165, 1.54) is 5.69 Å². The standard InChI is InChI=1S/C6H11BN2/c1-5(2)6-3-4-8-9(6)7/h3-5H,7H2,1-2H3. The molecule has 0 amide bonds. The molecule has 48 valence electrons. The lowest BCUT2D eigenvalue weighted by Crippen LogP contribution is -2.01. The van der Waals surface area contributed by atoms with Gasteiger partial charge in [0, 0.05) is 11.9 Å². The maximum absolute atomic E-state index is 4.05. The van der Waals surface area contributed by atoms with E-state index in [9.17, 15) is 0 Å². The van der Waals surface area contributed by atoms with Gasteiger partial charge >= 0.3 is 0 Å². The Morgan fingerprint density at radius 2 is 2.33 bits per heavy atom. The molecule has 0 aliphatic carbocycles. The third-order valence-corrected chi connectivity index (χ3v) is 1.45. The predicted octanol–water partition coefficient (Wildman–Crippen LogP) is 0.403. The summed E-state index contributed by atoms with van der Waals surface area (Å²) < 4.78 is 1.91. The highest BCUT2D eigenvalue weighted by atomic mass is 15.2. The number of rotatable bonds is 1. The molecule has 0 fully saturated rings. The molecular weight excluding hydrogens is 111 g/mol. The fourth-order valence-corrected chi connectivity index (χ4v) is 0.950. The Hall–Kier alpha value is -0.725. The average Bonchev–Trinajstić information content (AvgIpc) is 2.13. The molecule has 0 radical (unpaired) electrons. The van der Waals surface area contributed by atoms with Crippen molar-refractivity contribution in [2.45, 2.75) is 19.8 Å². The zero-order chi connectivity index (χ0) is 6.85. The third kappa shape index (κ3) is 1.15. The SMILES string of the molecule is Bn1nccc1C(C)C. The zero-order valence-corrected chi connectivity index (χ0v) is 6.13. The molecule has 0 saturated heterocycles. The summed E-state index contributed by atoms with van der Waals surface area (Å²) in [5, 5.41) is 4.05. The van der Waals surface area contributed by atoms with Crippen LogP contribution < -0.4 is 0 Å². The molecule has 0 spiro atoms. The molecule has 0 aliphatic rings. The zero-order valence-electron chi connectivity index (χ0n) is 6.13.